The first-order valence-electron chi connectivity index (χ1n) is 7.33. The van der Waals surface area contributed by atoms with Crippen molar-refractivity contribution in [2.24, 2.45) is 0 Å². The second-order valence-corrected chi connectivity index (χ2v) is 6.15. The van der Waals surface area contributed by atoms with Gasteiger partial charge in [-0.2, -0.15) is 0 Å². The molecule has 0 N–H and O–H groups in total. The summed E-state index contributed by atoms with van der Waals surface area (Å²) in [7, 11) is 1.41. The fourth-order valence-electron chi connectivity index (χ4n) is 1.71. The number of likely N-dealkylation sites (N-methyl/N-ethyl adjacent to an activating group) is 1. The Morgan fingerprint density at radius 1 is 1.22 bits per heavy atom. The van der Waals surface area contributed by atoms with Gasteiger partial charge in [-0.25, -0.2) is 4.79 Å². The Kier molecular flexibility index (Phi) is 6.75. The topological polar surface area (TPSA) is 72.9 Å². The molecule has 0 spiro atoms. The summed E-state index contributed by atoms with van der Waals surface area (Å²) >= 11 is 0. The van der Waals surface area contributed by atoms with E-state index in [-0.39, 0.29) is 13.0 Å². The van der Waals surface area contributed by atoms with Crippen molar-refractivity contribution in [1.82, 2.24) is 4.90 Å². The second kappa shape index (κ2) is 8.31. The van der Waals surface area contributed by atoms with E-state index in [0.717, 1.165) is 10.5 Å². The zero-order valence-electron chi connectivity index (χ0n) is 13.9. The SMILES string of the molecule is CN(C(=O)OC(C)(C)C)[C@H](C=O)CC(=O)OCc1ccccc1. The van der Waals surface area contributed by atoms with Crippen LogP contribution in [0.15, 0.2) is 30.3 Å². The Morgan fingerprint density at radius 2 is 1.83 bits per heavy atom. The van der Waals surface area contributed by atoms with Crippen molar-refractivity contribution in [3.63, 3.8) is 0 Å². The van der Waals surface area contributed by atoms with Gasteiger partial charge in [0.2, 0.25) is 0 Å². The Labute approximate surface area is 136 Å². The van der Waals surface area contributed by atoms with Crippen LogP contribution in [0.3, 0.4) is 0 Å². The van der Waals surface area contributed by atoms with Crippen LogP contribution in [0.4, 0.5) is 4.79 Å². The van der Waals surface area contributed by atoms with E-state index in [1.807, 2.05) is 30.3 Å². The number of benzene rings is 1. The minimum absolute atomic E-state index is 0.126. The Morgan fingerprint density at radius 3 is 2.35 bits per heavy atom. The van der Waals surface area contributed by atoms with Crippen LogP contribution in [0.1, 0.15) is 32.8 Å². The fourth-order valence-corrected chi connectivity index (χ4v) is 1.71. The van der Waals surface area contributed by atoms with Crippen molar-refractivity contribution in [3.05, 3.63) is 35.9 Å². The molecule has 1 amide bonds. The molecular weight excluding hydrogens is 298 g/mol. The van der Waals surface area contributed by atoms with Crippen LogP contribution >= 0.6 is 0 Å². The smallest absolute Gasteiger partial charge is 0.410 e. The molecule has 0 saturated carbocycles. The summed E-state index contributed by atoms with van der Waals surface area (Å²) in [6.07, 6.45) is -0.342. The van der Waals surface area contributed by atoms with Crippen LogP contribution in [0.25, 0.3) is 0 Å². The molecule has 0 unspecified atom stereocenters. The maximum atomic E-state index is 11.9. The largest absolute Gasteiger partial charge is 0.461 e. The number of nitrogens with zero attached hydrogens (tertiary/aromatic N) is 1. The van der Waals surface area contributed by atoms with Gasteiger partial charge in [0.25, 0.3) is 0 Å². The molecule has 6 nitrogen and oxygen atoms in total. The minimum atomic E-state index is -0.923. The number of esters is 1. The van der Waals surface area contributed by atoms with Gasteiger partial charge in [-0.05, 0) is 26.3 Å². The van der Waals surface area contributed by atoms with E-state index in [1.165, 1.54) is 7.05 Å². The first kappa shape index (κ1) is 18.7. The lowest BCUT2D eigenvalue weighted by atomic mass is 10.2. The number of hydrogen-bond acceptors (Lipinski definition) is 5. The highest BCUT2D eigenvalue weighted by atomic mass is 16.6. The number of rotatable bonds is 6. The highest BCUT2D eigenvalue weighted by molar-refractivity contribution is 5.79. The highest BCUT2D eigenvalue weighted by Gasteiger charge is 2.27. The van der Waals surface area contributed by atoms with Gasteiger partial charge in [-0.3, -0.25) is 4.79 Å². The van der Waals surface area contributed by atoms with E-state index in [2.05, 4.69) is 0 Å². The number of hydrogen-bond donors (Lipinski definition) is 0. The molecule has 1 rings (SSSR count). The van der Waals surface area contributed by atoms with Crippen LogP contribution in [-0.2, 0) is 25.7 Å². The predicted octanol–water partition coefficient (Wildman–Crippen LogP) is 2.55. The first-order valence-corrected chi connectivity index (χ1v) is 7.33. The maximum Gasteiger partial charge on any atom is 0.410 e. The molecule has 0 radical (unpaired) electrons. The Balaban J connectivity index is 2.52. The summed E-state index contributed by atoms with van der Waals surface area (Å²) in [5, 5.41) is 0. The molecule has 0 aliphatic rings. The summed E-state index contributed by atoms with van der Waals surface area (Å²) in [4.78, 5) is 36.0. The van der Waals surface area contributed by atoms with Crippen LogP contribution in [0.5, 0.6) is 0 Å². The predicted molar refractivity (Wildman–Crippen MR) is 84.7 cm³/mol. The number of carbonyl (C=O) groups excluding carboxylic acids is 3. The summed E-state index contributed by atoms with van der Waals surface area (Å²) in [6, 6.07) is 8.28. The molecule has 0 bridgehead atoms. The molecule has 126 valence electrons. The fraction of sp³-hybridized carbons (Fsp3) is 0.471. The van der Waals surface area contributed by atoms with Gasteiger partial charge in [0, 0.05) is 7.05 Å². The van der Waals surface area contributed by atoms with E-state index < -0.39 is 23.7 Å². The molecule has 0 fully saturated rings. The molecule has 0 aliphatic carbocycles. The molecule has 0 heterocycles. The zero-order chi connectivity index (χ0) is 17.5. The molecule has 0 aliphatic heterocycles. The summed E-state index contributed by atoms with van der Waals surface area (Å²) in [5.41, 5.74) is 0.177. The van der Waals surface area contributed by atoms with E-state index in [1.54, 1.807) is 20.8 Å². The number of aldehydes is 1. The minimum Gasteiger partial charge on any atom is -0.461 e. The van der Waals surface area contributed by atoms with Crippen molar-refractivity contribution < 1.29 is 23.9 Å². The van der Waals surface area contributed by atoms with Gasteiger partial charge in [0.1, 0.15) is 24.5 Å². The maximum absolute atomic E-state index is 11.9. The zero-order valence-corrected chi connectivity index (χ0v) is 13.9. The first-order chi connectivity index (χ1) is 10.7. The monoisotopic (exact) mass is 321 g/mol. The van der Waals surface area contributed by atoms with E-state index in [0.29, 0.717) is 6.29 Å². The van der Waals surface area contributed by atoms with Crippen LogP contribution in [-0.4, -0.2) is 41.9 Å². The molecule has 1 aromatic carbocycles. The summed E-state index contributed by atoms with van der Waals surface area (Å²) < 4.78 is 10.3. The van der Waals surface area contributed by atoms with Crippen LogP contribution in [0, 0.1) is 0 Å². The summed E-state index contributed by atoms with van der Waals surface area (Å²) in [5.74, 6) is -0.554. The molecule has 1 aromatic rings. The van der Waals surface area contributed by atoms with Gasteiger partial charge < -0.3 is 19.2 Å². The number of carbonyl (C=O) groups is 3. The molecule has 1 atom stereocenters. The standard InChI is InChI=1S/C17H23NO5/c1-17(2,3)23-16(21)18(4)14(11-19)10-15(20)22-12-13-8-6-5-7-9-13/h5-9,11,14H,10,12H2,1-4H3/t14-/m0/s1. The molecule has 6 heteroatoms. The van der Waals surface area contributed by atoms with Gasteiger partial charge in [-0.1, -0.05) is 30.3 Å². The third-order valence-electron chi connectivity index (χ3n) is 2.95. The van der Waals surface area contributed by atoms with Crippen molar-refractivity contribution in [3.8, 4) is 0 Å². The van der Waals surface area contributed by atoms with Gasteiger partial charge in [0.05, 0.1) is 6.42 Å². The third-order valence-corrected chi connectivity index (χ3v) is 2.95. The highest BCUT2D eigenvalue weighted by Crippen LogP contribution is 2.12. The van der Waals surface area contributed by atoms with Crippen molar-refractivity contribution in [1.29, 1.82) is 0 Å². The molecule has 0 saturated heterocycles. The van der Waals surface area contributed by atoms with Crippen LogP contribution < -0.4 is 0 Å². The quantitative estimate of drug-likeness (QED) is 0.595. The van der Waals surface area contributed by atoms with Gasteiger partial charge in [-0.15, -0.1) is 0 Å². The average Bonchev–Trinajstić information content (AvgIpc) is 2.49. The van der Waals surface area contributed by atoms with Gasteiger partial charge >= 0.3 is 12.1 Å². The second-order valence-electron chi connectivity index (χ2n) is 6.15. The number of amides is 1. The van der Waals surface area contributed by atoms with Crippen molar-refractivity contribution >= 4 is 18.3 Å². The van der Waals surface area contributed by atoms with Gasteiger partial charge in [0.15, 0.2) is 0 Å². The average molecular weight is 321 g/mol. The Bertz CT molecular complexity index is 536. The molecular formula is C17H23NO5. The van der Waals surface area contributed by atoms with E-state index in [4.69, 9.17) is 9.47 Å². The normalized spacial score (nSPS) is 12.2. The van der Waals surface area contributed by atoms with Crippen molar-refractivity contribution in [2.75, 3.05) is 7.05 Å². The Hall–Kier alpha value is -2.37. The van der Waals surface area contributed by atoms with E-state index >= 15 is 0 Å². The molecule has 23 heavy (non-hydrogen) atoms. The number of ether oxygens (including phenoxy) is 2. The summed E-state index contributed by atoms with van der Waals surface area (Å²) in [6.45, 7) is 5.30. The van der Waals surface area contributed by atoms with E-state index in [9.17, 15) is 14.4 Å². The van der Waals surface area contributed by atoms with Crippen molar-refractivity contribution in [2.45, 2.75) is 45.4 Å². The molecule has 0 aromatic heterocycles. The van der Waals surface area contributed by atoms with Crippen LogP contribution in [0.2, 0.25) is 0 Å². The lowest BCUT2D eigenvalue weighted by Crippen LogP contribution is -2.42. The third kappa shape index (κ3) is 6.95. The lowest BCUT2D eigenvalue weighted by Gasteiger charge is -2.27. The lowest BCUT2D eigenvalue weighted by molar-refractivity contribution is -0.147.